The molecule has 0 fully saturated rings. The number of nitrogens with zero attached hydrogens (tertiary/aromatic N) is 4. The number of rotatable bonds is 5. The predicted octanol–water partition coefficient (Wildman–Crippen LogP) is 3.26. The summed E-state index contributed by atoms with van der Waals surface area (Å²) in [6.45, 7) is 5.58. The number of aryl methyl sites for hydroxylation is 3. The van der Waals surface area contributed by atoms with Gasteiger partial charge in [-0.3, -0.25) is 14.3 Å². The fourth-order valence-corrected chi connectivity index (χ4v) is 3.40. The number of nitrogens with one attached hydrogen (secondary N) is 2. The lowest BCUT2D eigenvalue weighted by Gasteiger charge is -2.06. The summed E-state index contributed by atoms with van der Waals surface area (Å²) in [5.74, 6) is -0.110. The van der Waals surface area contributed by atoms with Crippen LogP contribution >= 0.6 is 0 Å². The molecule has 33 heavy (non-hydrogen) atoms. The molecule has 0 aliphatic heterocycles. The largest absolute Gasteiger partial charge is 0.435 e. The second-order valence-electron chi connectivity index (χ2n) is 7.81. The quantitative estimate of drug-likeness (QED) is 0.480. The average Bonchev–Trinajstić information content (AvgIpc) is 3.34. The van der Waals surface area contributed by atoms with Gasteiger partial charge >= 0.3 is 6.18 Å². The van der Waals surface area contributed by atoms with Crippen molar-refractivity contribution in [3.63, 3.8) is 0 Å². The number of H-pyrrole nitrogens is 1. The van der Waals surface area contributed by atoms with Crippen molar-refractivity contribution in [1.29, 1.82) is 0 Å². The molecule has 8 nitrogen and oxygen atoms in total. The number of benzene rings is 1. The molecule has 0 unspecified atom stereocenters. The Hall–Kier alpha value is -3.89. The molecule has 0 bridgehead atoms. The summed E-state index contributed by atoms with van der Waals surface area (Å²) in [7, 11) is 0. The van der Waals surface area contributed by atoms with E-state index in [2.05, 4.69) is 20.5 Å². The zero-order valence-corrected chi connectivity index (χ0v) is 18.1. The monoisotopic (exact) mass is 458 g/mol. The Morgan fingerprint density at radius 2 is 1.85 bits per heavy atom. The van der Waals surface area contributed by atoms with Gasteiger partial charge in [0.05, 0.1) is 12.1 Å². The summed E-state index contributed by atoms with van der Waals surface area (Å²) >= 11 is 0. The molecule has 4 aromatic rings. The van der Waals surface area contributed by atoms with Crippen molar-refractivity contribution in [2.24, 2.45) is 0 Å². The second-order valence-corrected chi connectivity index (χ2v) is 7.81. The van der Waals surface area contributed by atoms with Gasteiger partial charge in [0.2, 0.25) is 0 Å². The average molecular weight is 458 g/mol. The Bertz CT molecular complexity index is 1410. The van der Waals surface area contributed by atoms with Crippen LogP contribution in [0.25, 0.3) is 16.9 Å². The van der Waals surface area contributed by atoms with E-state index in [1.165, 1.54) is 28.4 Å². The van der Waals surface area contributed by atoms with Crippen molar-refractivity contribution in [2.75, 3.05) is 6.54 Å². The number of amides is 1. The predicted molar refractivity (Wildman–Crippen MR) is 115 cm³/mol. The minimum absolute atomic E-state index is 0.0581. The zero-order chi connectivity index (χ0) is 23.9. The summed E-state index contributed by atoms with van der Waals surface area (Å²) in [5, 5.41) is 10.6. The number of alkyl halides is 3. The van der Waals surface area contributed by atoms with Crippen LogP contribution in [0.4, 0.5) is 13.2 Å². The van der Waals surface area contributed by atoms with Gasteiger partial charge in [-0.05, 0) is 50.1 Å². The van der Waals surface area contributed by atoms with Crippen LogP contribution in [0, 0.1) is 20.8 Å². The molecule has 3 aromatic heterocycles. The fraction of sp³-hybridized carbons (Fsp3) is 0.273. The molecule has 0 aliphatic carbocycles. The van der Waals surface area contributed by atoms with Gasteiger partial charge in [0.25, 0.3) is 11.5 Å². The maximum absolute atomic E-state index is 12.8. The number of fused-ring (bicyclic) bond motifs is 1. The standard InChI is InChI=1S/C22H21F3N6O2/c1-12-4-5-15(8-13(12)2)19-27-21(33)17-10-16(11-31(17)29-19)20(32)26-6-7-30-14(3)9-18(28-30)22(23,24)25/h4-5,8-11H,6-7H2,1-3H3,(H,26,32)(H,27,29,33). The van der Waals surface area contributed by atoms with Crippen molar-refractivity contribution in [2.45, 2.75) is 33.5 Å². The molecule has 0 saturated carbocycles. The summed E-state index contributed by atoms with van der Waals surface area (Å²) in [5.41, 5.74) is 2.27. The third kappa shape index (κ3) is 4.52. The Morgan fingerprint density at radius 1 is 1.09 bits per heavy atom. The summed E-state index contributed by atoms with van der Waals surface area (Å²) in [6, 6.07) is 8.06. The lowest BCUT2D eigenvalue weighted by Crippen LogP contribution is -2.27. The Morgan fingerprint density at radius 3 is 2.52 bits per heavy atom. The van der Waals surface area contributed by atoms with Crippen LogP contribution < -0.4 is 10.9 Å². The van der Waals surface area contributed by atoms with Crippen LogP contribution in [0.3, 0.4) is 0 Å². The molecule has 3 heterocycles. The fourth-order valence-electron chi connectivity index (χ4n) is 3.40. The molecule has 4 rings (SSSR count). The highest BCUT2D eigenvalue weighted by Crippen LogP contribution is 2.28. The first-order chi connectivity index (χ1) is 15.5. The maximum Gasteiger partial charge on any atom is 0.435 e. The van der Waals surface area contributed by atoms with E-state index < -0.39 is 23.3 Å². The van der Waals surface area contributed by atoms with Gasteiger partial charge in [-0.15, -0.1) is 5.10 Å². The minimum atomic E-state index is -4.53. The number of carbonyl (C=O) groups is 1. The van der Waals surface area contributed by atoms with Crippen molar-refractivity contribution < 1.29 is 18.0 Å². The molecule has 172 valence electrons. The Balaban J connectivity index is 1.50. The molecular formula is C22H21F3N6O2. The Kier molecular flexibility index (Phi) is 5.56. The van der Waals surface area contributed by atoms with Gasteiger partial charge in [-0.2, -0.15) is 18.3 Å². The SMILES string of the molecule is Cc1ccc(-c2nn3cc(C(=O)NCCn4nc(C(F)(F)F)cc4C)cc3c(=O)[nH]2)cc1C. The number of halogens is 3. The number of hydrogen-bond acceptors (Lipinski definition) is 4. The number of hydrogen-bond donors (Lipinski definition) is 2. The minimum Gasteiger partial charge on any atom is -0.350 e. The molecular weight excluding hydrogens is 437 g/mol. The first-order valence-corrected chi connectivity index (χ1v) is 10.1. The van der Waals surface area contributed by atoms with Gasteiger partial charge in [0.1, 0.15) is 5.52 Å². The molecule has 0 radical (unpaired) electrons. The van der Waals surface area contributed by atoms with E-state index in [1.54, 1.807) is 0 Å². The zero-order valence-electron chi connectivity index (χ0n) is 18.1. The topological polar surface area (TPSA) is 97.1 Å². The van der Waals surface area contributed by atoms with E-state index in [0.29, 0.717) is 11.5 Å². The van der Waals surface area contributed by atoms with Gasteiger partial charge in [0.15, 0.2) is 11.5 Å². The lowest BCUT2D eigenvalue weighted by molar-refractivity contribution is -0.141. The third-order valence-electron chi connectivity index (χ3n) is 5.40. The van der Waals surface area contributed by atoms with Crippen LogP contribution in [0.5, 0.6) is 0 Å². The van der Waals surface area contributed by atoms with Crippen molar-refractivity contribution in [3.8, 4) is 11.4 Å². The number of carbonyl (C=O) groups excluding carboxylic acids is 1. The van der Waals surface area contributed by atoms with E-state index in [-0.39, 0.29) is 24.2 Å². The van der Waals surface area contributed by atoms with Gasteiger partial charge < -0.3 is 10.3 Å². The summed E-state index contributed by atoms with van der Waals surface area (Å²) < 4.78 is 40.9. The lowest BCUT2D eigenvalue weighted by atomic mass is 10.1. The normalized spacial score (nSPS) is 11.8. The number of aromatic amines is 1. The van der Waals surface area contributed by atoms with Crippen molar-refractivity contribution in [1.82, 2.24) is 29.7 Å². The van der Waals surface area contributed by atoms with Crippen LogP contribution in [0.15, 0.2) is 41.3 Å². The molecule has 0 aliphatic rings. The van der Waals surface area contributed by atoms with E-state index in [1.807, 2.05) is 32.0 Å². The highest BCUT2D eigenvalue weighted by Gasteiger charge is 2.34. The maximum atomic E-state index is 12.8. The first-order valence-electron chi connectivity index (χ1n) is 10.1. The van der Waals surface area contributed by atoms with E-state index >= 15 is 0 Å². The van der Waals surface area contributed by atoms with Crippen LogP contribution in [0.1, 0.15) is 32.9 Å². The van der Waals surface area contributed by atoms with Gasteiger partial charge in [-0.25, -0.2) is 4.52 Å². The van der Waals surface area contributed by atoms with Crippen molar-refractivity contribution >= 4 is 11.4 Å². The van der Waals surface area contributed by atoms with Gasteiger partial charge in [0, 0.05) is 24.0 Å². The highest BCUT2D eigenvalue weighted by molar-refractivity contribution is 5.95. The van der Waals surface area contributed by atoms with E-state index in [0.717, 1.165) is 22.8 Å². The molecule has 1 amide bonds. The van der Waals surface area contributed by atoms with Gasteiger partial charge in [-0.1, -0.05) is 12.1 Å². The molecule has 1 aromatic carbocycles. The first kappa shape index (κ1) is 22.3. The third-order valence-corrected chi connectivity index (χ3v) is 5.40. The molecule has 11 heteroatoms. The second kappa shape index (κ2) is 8.23. The molecule has 0 atom stereocenters. The van der Waals surface area contributed by atoms with Crippen LogP contribution in [-0.4, -0.2) is 36.8 Å². The molecule has 0 saturated heterocycles. The smallest absolute Gasteiger partial charge is 0.350 e. The van der Waals surface area contributed by atoms with Crippen LogP contribution in [0.2, 0.25) is 0 Å². The number of aromatic nitrogens is 5. The van der Waals surface area contributed by atoms with Crippen molar-refractivity contribution in [3.05, 3.63) is 75.0 Å². The van der Waals surface area contributed by atoms with Crippen LogP contribution in [-0.2, 0) is 12.7 Å². The highest BCUT2D eigenvalue weighted by atomic mass is 19.4. The van der Waals surface area contributed by atoms with E-state index in [4.69, 9.17) is 0 Å². The molecule has 0 spiro atoms. The van der Waals surface area contributed by atoms with E-state index in [9.17, 15) is 22.8 Å². The Labute approximate surface area is 186 Å². The summed E-state index contributed by atoms with van der Waals surface area (Å²) in [4.78, 5) is 27.8. The molecule has 2 N–H and O–H groups in total. The summed E-state index contributed by atoms with van der Waals surface area (Å²) in [6.07, 6.45) is -3.09.